The second-order valence-corrected chi connectivity index (χ2v) is 4.18. The molecular weight excluding hydrogens is 359 g/mol. The van der Waals surface area contributed by atoms with Crippen LogP contribution < -0.4 is 4.74 Å². The maximum atomic E-state index is 12.8. The first-order valence-corrected chi connectivity index (χ1v) is 5.55. The van der Waals surface area contributed by atoms with Crippen LogP contribution in [0.15, 0.2) is 18.2 Å². The predicted molar refractivity (Wildman–Crippen MR) is 57.4 cm³/mol. The van der Waals surface area contributed by atoms with E-state index in [-0.39, 0.29) is 6.07 Å². The fourth-order valence-corrected chi connectivity index (χ4v) is 1.65. The van der Waals surface area contributed by atoms with Crippen LogP contribution in [-0.4, -0.2) is 24.1 Å². The summed E-state index contributed by atoms with van der Waals surface area (Å²) < 4.78 is 118. The van der Waals surface area contributed by atoms with E-state index in [1.807, 2.05) is 0 Å². The van der Waals surface area contributed by atoms with Gasteiger partial charge in [-0.2, -0.15) is 50.0 Å². The van der Waals surface area contributed by atoms with Gasteiger partial charge >= 0.3 is 24.1 Å². The van der Waals surface area contributed by atoms with Crippen molar-refractivity contribution >= 4 is 0 Å². The van der Waals surface area contributed by atoms with Crippen molar-refractivity contribution in [3.05, 3.63) is 29.3 Å². The zero-order valence-corrected chi connectivity index (χ0v) is 10.9. The third-order valence-corrected chi connectivity index (χ3v) is 2.72. The van der Waals surface area contributed by atoms with Gasteiger partial charge in [-0.25, -0.2) is 0 Å². The molecule has 130 valence electrons. The summed E-state index contributed by atoms with van der Waals surface area (Å²) in [4.78, 5) is 0. The summed E-state index contributed by atoms with van der Waals surface area (Å²) >= 11 is 0. The second-order valence-electron chi connectivity index (χ2n) is 4.18. The van der Waals surface area contributed by atoms with Crippen LogP contribution in [0.5, 0.6) is 5.75 Å². The first kappa shape index (κ1) is 19.4. The minimum absolute atomic E-state index is 0.289. The molecule has 0 aromatic heterocycles. The van der Waals surface area contributed by atoms with Gasteiger partial charge in [0.15, 0.2) is 0 Å². The molecule has 0 saturated carbocycles. The van der Waals surface area contributed by atoms with Gasteiger partial charge in [-0.05, 0) is 12.1 Å². The van der Waals surface area contributed by atoms with Crippen LogP contribution in [0, 0.1) is 22.7 Å². The van der Waals surface area contributed by atoms with Crippen LogP contribution in [0.2, 0.25) is 0 Å². The van der Waals surface area contributed by atoms with Gasteiger partial charge in [0, 0.05) is 0 Å². The molecule has 1 rings (SSSR count). The Balaban J connectivity index is 3.76. The van der Waals surface area contributed by atoms with Gasteiger partial charge in [-0.1, -0.05) is 6.07 Å². The molecule has 24 heavy (non-hydrogen) atoms. The summed E-state index contributed by atoms with van der Waals surface area (Å²) in [5.74, 6) is -1.68. The first-order valence-electron chi connectivity index (χ1n) is 5.55. The van der Waals surface area contributed by atoms with Crippen LogP contribution in [0.1, 0.15) is 11.1 Å². The van der Waals surface area contributed by atoms with Gasteiger partial charge in [0.2, 0.25) is 0 Å². The lowest BCUT2D eigenvalue weighted by Gasteiger charge is -2.38. The van der Waals surface area contributed by atoms with Crippen molar-refractivity contribution in [3.63, 3.8) is 0 Å². The zero-order valence-electron chi connectivity index (χ0n) is 10.9. The molecular formula is C12H3F9N2O. The largest absolute Gasteiger partial charge is 0.461 e. The Morgan fingerprint density at radius 2 is 1.21 bits per heavy atom. The Bertz CT molecular complexity index is 668. The van der Waals surface area contributed by atoms with Gasteiger partial charge in [0.25, 0.3) is 0 Å². The molecule has 0 aliphatic rings. The summed E-state index contributed by atoms with van der Waals surface area (Å²) in [6.07, 6.45) is -20.8. The van der Waals surface area contributed by atoms with E-state index >= 15 is 0 Å². The summed E-state index contributed by atoms with van der Waals surface area (Å²) in [5.41, 5.74) is -8.51. The standard InChI is InChI=1S/C12H3F9N2O/c13-10(14,15)9(11(16,17)18,12(19,20)21)24-8-3-1-2-6(4-22)7(8)5-23/h1-3H. The second kappa shape index (κ2) is 5.78. The van der Waals surface area contributed by atoms with Crippen LogP contribution in [-0.2, 0) is 0 Å². The molecule has 12 heteroatoms. The van der Waals surface area contributed by atoms with E-state index in [1.165, 1.54) is 6.07 Å². The van der Waals surface area contributed by atoms with Crippen LogP contribution in [0.25, 0.3) is 0 Å². The first-order chi connectivity index (χ1) is 10.7. The molecule has 0 fully saturated rings. The number of ether oxygens (including phenoxy) is 1. The van der Waals surface area contributed by atoms with E-state index in [2.05, 4.69) is 4.74 Å². The topological polar surface area (TPSA) is 56.8 Å². The van der Waals surface area contributed by atoms with E-state index in [4.69, 9.17) is 10.5 Å². The molecule has 0 unspecified atom stereocenters. The SMILES string of the molecule is N#Cc1cccc(OC(C(F)(F)F)(C(F)(F)F)C(F)(F)F)c1C#N. The van der Waals surface area contributed by atoms with Crippen LogP contribution >= 0.6 is 0 Å². The number of benzene rings is 1. The smallest absolute Gasteiger partial charge is 0.447 e. The molecule has 0 N–H and O–H groups in total. The van der Waals surface area contributed by atoms with Gasteiger partial charge in [0.1, 0.15) is 23.5 Å². The molecule has 0 radical (unpaired) electrons. The highest BCUT2D eigenvalue weighted by molar-refractivity contribution is 5.54. The van der Waals surface area contributed by atoms with Crippen LogP contribution in [0.3, 0.4) is 0 Å². The van der Waals surface area contributed by atoms with E-state index in [0.29, 0.717) is 6.07 Å². The van der Waals surface area contributed by atoms with Gasteiger partial charge in [-0.3, -0.25) is 0 Å². The number of rotatable bonds is 2. The third-order valence-electron chi connectivity index (χ3n) is 2.72. The van der Waals surface area contributed by atoms with Crippen molar-refractivity contribution < 1.29 is 44.3 Å². The molecule has 3 nitrogen and oxygen atoms in total. The molecule has 0 bridgehead atoms. The molecule has 0 amide bonds. The number of alkyl halides is 9. The lowest BCUT2D eigenvalue weighted by atomic mass is 10.0. The maximum Gasteiger partial charge on any atom is 0.447 e. The highest BCUT2D eigenvalue weighted by atomic mass is 19.4. The third kappa shape index (κ3) is 2.91. The quantitative estimate of drug-likeness (QED) is 0.740. The van der Waals surface area contributed by atoms with Gasteiger partial charge < -0.3 is 4.74 Å². The minimum Gasteiger partial charge on any atom is -0.461 e. The van der Waals surface area contributed by atoms with Crippen molar-refractivity contribution in [1.29, 1.82) is 10.5 Å². The number of halogens is 9. The van der Waals surface area contributed by atoms with Crippen molar-refractivity contribution in [2.45, 2.75) is 24.1 Å². The predicted octanol–water partition coefficient (Wildman–Crippen LogP) is 4.23. The number of nitriles is 2. The molecule has 1 aromatic rings. The fourth-order valence-electron chi connectivity index (χ4n) is 1.65. The van der Waals surface area contributed by atoms with E-state index in [9.17, 15) is 39.5 Å². The van der Waals surface area contributed by atoms with Crippen molar-refractivity contribution in [3.8, 4) is 17.9 Å². The molecule has 0 atom stereocenters. The summed E-state index contributed by atoms with van der Waals surface area (Å²) in [6.45, 7) is 0. The lowest BCUT2D eigenvalue weighted by Crippen LogP contribution is -2.69. The van der Waals surface area contributed by atoms with Crippen LogP contribution in [0.4, 0.5) is 39.5 Å². The Labute approximate surface area is 127 Å². The molecule has 0 saturated heterocycles. The Kier molecular flexibility index (Phi) is 4.67. The Hall–Kier alpha value is -2.63. The average Bonchev–Trinajstić information content (AvgIpc) is 2.39. The van der Waals surface area contributed by atoms with Crippen molar-refractivity contribution in [2.75, 3.05) is 0 Å². The van der Waals surface area contributed by atoms with E-state index in [0.717, 1.165) is 12.1 Å². The monoisotopic (exact) mass is 362 g/mol. The van der Waals surface area contributed by atoms with Gasteiger partial charge in [0.05, 0.1) is 5.56 Å². The molecule has 0 spiro atoms. The highest BCUT2D eigenvalue weighted by Crippen LogP contribution is 2.55. The Morgan fingerprint density at radius 3 is 1.54 bits per heavy atom. The minimum atomic E-state index is -6.95. The Morgan fingerprint density at radius 1 is 0.750 bits per heavy atom. The molecule has 0 aliphatic carbocycles. The van der Waals surface area contributed by atoms with Gasteiger partial charge in [-0.15, -0.1) is 0 Å². The number of nitrogens with zero attached hydrogens (tertiary/aromatic N) is 2. The van der Waals surface area contributed by atoms with Crippen molar-refractivity contribution in [2.24, 2.45) is 0 Å². The normalized spacial score (nSPS) is 13.1. The fraction of sp³-hybridized carbons (Fsp3) is 0.333. The summed E-state index contributed by atoms with van der Waals surface area (Å²) in [5, 5.41) is 17.3. The zero-order chi connectivity index (χ0) is 19.0. The number of hydrogen-bond acceptors (Lipinski definition) is 3. The molecule has 1 aromatic carbocycles. The van der Waals surface area contributed by atoms with E-state index in [1.54, 1.807) is 0 Å². The van der Waals surface area contributed by atoms with Crippen molar-refractivity contribution in [1.82, 2.24) is 0 Å². The average molecular weight is 362 g/mol. The lowest BCUT2D eigenvalue weighted by molar-refractivity contribution is -0.436. The maximum absolute atomic E-state index is 12.8. The summed E-state index contributed by atoms with van der Waals surface area (Å²) in [6, 6.07) is 4.05. The molecule has 0 aliphatic heterocycles. The number of hydrogen-bond donors (Lipinski definition) is 0. The molecule has 0 heterocycles. The highest BCUT2D eigenvalue weighted by Gasteiger charge is 2.87. The van der Waals surface area contributed by atoms with E-state index < -0.39 is 41.0 Å². The summed E-state index contributed by atoms with van der Waals surface area (Å²) in [7, 11) is 0.